The summed E-state index contributed by atoms with van der Waals surface area (Å²) in [5.41, 5.74) is 1.68. The first-order chi connectivity index (χ1) is 14.4. The van der Waals surface area contributed by atoms with E-state index in [0.29, 0.717) is 39.2 Å². The SMILES string of the molecule is CCOc1ccccc1NC(=O)C(C)OC(=O)c1sc(-c2ccc(F)cc2)nc1C. The number of aromatic nitrogens is 1. The monoisotopic (exact) mass is 428 g/mol. The van der Waals surface area contributed by atoms with Gasteiger partial charge in [0, 0.05) is 5.56 Å². The molecule has 0 saturated heterocycles. The first kappa shape index (κ1) is 21.4. The zero-order chi connectivity index (χ0) is 21.7. The number of anilines is 1. The minimum atomic E-state index is -1.03. The lowest BCUT2D eigenvalue weighted by atomic mass is 10.2. The molecule has 1 N–H and O–H groups in total. The molecule has 8 heteroatoms. The van der Waals surface area contributed by atoms with Crippen LogP contribution in [-0.4, -0.2) is 29.6 Å². The van der Waals surface area contributed by atoms with Gasteiger partial charge in [-0.05, 0) is 57.2 Å². The predicted octanol–water partition coefficient (Wildman–Crippen LogP) is 4.84. The Hall–Kier alpha value is -3.26. The van der Waals surface area contributed by atoms with Crippen molar-refractivity contribution in [3.05, 3.63) is 64.9 Å². The van der Waals surface area contributed by atoms with E-state index in [2.05, 4.69) is 10.3 Å². The van der Waals surface area contributed by atoms with Crippen molar-refractivity contribution in [1.82, 2.24) is 4.98 Å². The van der Waals surface area contributed by atoms with Crippen molar-refractivity contribution in [2.75, 3.05) is 11.9 Å². The van der Waals surface area contributed by atoms with Crippen molar-refractivity contribution in [1.29, 1.82) is 0 Å². The van der Waals surface area contributed by atoms with Gasteiger partial charge in [-0.2, -0.15) is 0 Å². The van der Waals surface area contributed by atoms with Crippen molar-refractivity contribution < 1.29 is 23.5 Å². The summed E-state index contributed by atoms with van der Waals surface area (Å²) in [6.07, 6.45) is -1.03. The van der Waals surface area contributed by atoms with Crippen molar-refractivity contribution >= 4 is 28.9 Å². The number of hydrogen-bond donors (Lipinski definition) is 1. The van der Waals surface area contributed by atoms with E-state index < -0.39 is 18.0 Å². The molecule has 156 valence electrons. The van der Waals surface area contributed by atoms with E-state index in [1.807, 2.05) is 6.92 Å². The second-order valence-corrected chi connectivity index (χ2v) is 7.41. The Labute approximate surface area is 177 Å². The molecule has 0 saturated carbocycles. The van der Waals surface area contributed by atoms with Crippen LogP contribution in [0.1, 0.15) is 29.2 Å². The van der Waals surface area contributed by atoms with Crippen LogP contribution in [0.25, 0.3) is 10.6 Å². The van der Waals surface area contributed by atoms with E-state index in [0.717, 1.165) is 11.3 Å². The number of amides is 1. The maximum atomic E-state index is 13.1. The molecule has 1 amide bonds. The molecular weight excluding hydrogens is 407 g/mol. The zero-order valence-corrected chi connectivity index (χ0v) is 17.6. The van der Waals surface area contributed by atoms with E-state index in [1.54, 1.807) is 43.3 Å². The number of nitrogens with zero attached hydrogens (tertiary/aromatic N) is 1. The number of halogens is 1. The highest BCUT2D eigenvalue weighted by Crippen LogP contribution is 2.29. The predicted molar refractivity (Wildman–Crippen MR) is 113 cm³/mol. The average Bonchev–Trinajstić information content (AvgIpc) is 3.12. The fourth-order valence-corrected chi connectivity index (χ4v) is 3.61. The van der Waals surface area contributed by atoms with E-state index in [4.69, 9.17) is 9.47 Å². The van der Waals surface area contributed by atoms with Crippen LogP contribution in [0.3, 0.4) is 0 Å². The van der Waals surface area contributed by atoms with Crippen LogP contribution in [0, 0.1) is 12.7 Å². The summed E-state index contributed by atoms with van der Waals surface area (Å²) >= 11 is 1.13. The lowest BCUT2D eigenvalue weighted by Crippen LogP contribution is -2.30. The number of carbonyl (C=O) groups is 2. The third kappa shape index (κ3) is 5.01. The van der Waals surface area contributed by atoms with Crippen molar-refractivity contribution in [3.8, 4) is 16.3 Å². The van der Waals surface area contributed by atoms with Crippen LogP contribution in [0.5, 0.6) is 5.75 Å². The number of esters is 1. The number of ether oxygens (including phenoxy) is 2. The number of nitrogens with one attached hydrogen (secondary N) is 1. The number of thiazole rings is 1. The highest BCUT2D eigenvalue weighted by Gasteiger charge is 2.24. The van der Waals surface area contributed by atoms with Crippen molar-refractivity contribution in [2.24, 2.45) is 0 Å². The van der Waals surface area contributed by atoms with Gasteiger partial charge in [-0.3, -0.25) is 4.79 Å². The third-order valence-electron chi connectivity index (χ3n) is 4.17. The molecule has 0 fully saturated rings. The largest absolute Gasteiger partial charge is 0.492 e. The molecule has 0 bridgehead atoms. The Kier molecular flexibility index (Phi) is 6.79. The van der Waals surface area contributed by atoms with E-state index >= 15 is 0 Å². The standard InChI is InChI=1S/C22H21FN2O4S/c1-4-28-18-8-6-5-7-17(18)25-20(26)14(3)29-22(27)19-13(2)24-21(30-19)15-9-11-16(23)12-10-15/h5-12,14H,4H2,1-3H3,(H,25,26). The van der Waals surface area contributed by atoms with Crippen LogP contribution < -0.4 is 10.1 Å². The molecular formula is C22H21FN2O4S. The van der Waals surface area contributed by atoms with Gasteiger partial charge in [0.2, 0.25) is 0 Å². The molecule has 3 rings (SSSR count). The lowest BCUT2D eigenvalue weighted by Gasteiger charge is -2.15. The van der Waals surface area contributed by atoms with Gasteiger partial charge in [0.15, 0.2) is 6.10 Å². The highest BCUT2D eigenvalue weighted by molar-refractivity contribution is 7.17. The molecule has 3 aromatic rings. The summed E-state index contributed by atoms with van der Waals surface area (Å²) in [7, 11) is 0. The molecule has 0 spiro atoms. The molecule has 0 aliphatic rings. The number of aryl methyl sites for hydroxylation is 1. The van der Waals surface area contributed by atoms with Crippen LogP contribution in [0.2, 0.25) is 0 Å². The smallest absolute Gasteiger partial charge is 0.351 e. The molecule has 1 unspecified atom stereocenters. The molecule has 6 nitrogen and oxygen atoms in total. The number of carbonyl (C=O) groups excluding carboxylic acids is 2. The number of hydrogen-bond acceptors (Lipinski definition) is 6. The Morgan fingerprint density at radius 2 is 1.87 bits per heavy atom. The second kappa shape index (κ2) is 9.49. The fourth-order valence-electron chi connectivity index (χ4n) is 2.65. The maximum absolute atomic E-state index is 13.1. The van der Waals surface area contributed by atoms with E-state index in [-0.39, 0.29) is 5.82 Å². The van der Waals surface area contributed by atoms with Gasteiger partial charge in [-0.1, -0.05) is 12.1 Å². The molecule has 30 heavy (non-hydrogen) atoms. The minimum absolute atomic E-state index is 0.295. The zero-order valence-electron chi connectivity index (χ0n) is 16.8. The molecule has 0 aliphatic carbocycles. The van der Waals surface area contributed by atoms with E-state index in [1.165, 1.54) is 19.1 Å². The molecule has 1 aromatic heterocycles. The van der Waals surface area contributed by atoms with Gasteiger partial charge in [-0.15, -0.1) is 11.3 Å². The fraction of sp³-hybridized carbons (Fsp3) is 0.227. The number of benzene rings is 2. The average molecular weight is 428 g/mol. The lowest BCUT2D eigenvalue weighted by molar-refractivity contribution is -0.123. The molecule has 1 atom stereocenters. The maximum Gasteiger partial charge on any atom is 0.351 e. The molecule has 0 aliphatic heterocycles. The summed E-state index contributed by atoms with van der Waals surface area (Å²) in [5.74, 6) is -0.929. The summed E-state index contributed by atoms with van der Waals surface area (Å²) in [5, 5.41) is 3.29. The number of rotatable bonds is 7. The molecule has 2 aromatic carbocycles. The van der Waals surface area contributed by atoms with Crippen LogP contribution in [-0.2, 0) is 9.53 Å². The highest BCUT2D eigenvalue weighted by atomic mass is 32.1. The van der Waals surface area contributed by atoms with Gasteiger partial charge in [0.25, 0.3) is 5.91 Å². The summed E-state index contributed by atoms with van der Waals surface area (Å²) in [6.45, 7) is 5.48. The Morgan fingerprint density at radius 1 is 1.17 bits per heavy atom. The summed E-state index contributed by atoms with van der Waals surface area (Å²) < 4.78 is 23.9. The Balaban J connectivity index is 1.68. The van der Waals surface area contributed by atoms with Gasteiger partial charge >= 0.3 is 5.97 Å². The molecule has 0 radical (unpaired) electrons. The Morgan fingerprint density at radius 3 is 2.57 bits per heavy atom. The van der Waals surface area contributed by atoms with Crippen LogP contribution >= 0.6 is 11.3 Å². The minimum Gasteiger partial charge on any atom is -0.492 e. The van der Waals surface area contributed by atoms with Crippen molar-refractivity contribution in [2.45, 2.75) is 26.9 Å². The first-order valence-electron chi connectivity index (χ1n) is 9.36. The second-order valence-electron chi connectivity index (χ2n) is 6.41. The van der Waals surface area contributed by atoms with Gasteiger partial charge in [0.05, 0.1) is 18.0 Å². The third-order valence-corrected chi connectivity index (χ3v) is 5.36. The first-order valence-corrected chi connectivity index (χ1v) is 10.2. The summed E-state index contributed by atoms with van der Waals surface area (Å²) in [4.78, 5) is 29.7. The quantitative estimate of drug-likeness (QED) is 0.545. The van der Waals surface area contributed by atoms with Gasteiger partial charge in [0.1, 0.15) is 21.5 Å². The topological polar surface area (TPSA) is 77.5 Å². The number of para-hydroxylation sites is 2. The van der Waals surface area contributed by atoms with E-state index in [9.17, 15) is 14.0 Å². The van der Waals surface area contributed by atoms with Gasteiger partial charge in [-0.25, -0.2) is 14.2 Å². The van der Waals surface area contributed by atoms with Crippen LogP contribution in [0.4, 0.5) is 10.1 Å². The van der Waals surface area contributed by atoms with Crippen LogP contribution in [0.15, 0.2) is 48.5 Å². The van der Waals surface area contributed by atoms with Gasteiger partial charge < -0.3 is 14.8 Å². The molecule has 1 heterocycles. The van der Waals surface area contributed by atoms with Crippen molar-refractivity contribution in [3.63, 3.8) is 0 Å². The summed E-state index contributed by atoms with van der Waals surface area (Å²) in [6, 6.07) is 12.9. The normalized spacial score (nSPS) is 11.6. The Bertz CT molecular complexity index is 1050.